The highest BCUT2D eigenvalue weighted by molar-refractivity contribution is 5.85. The minimum absolute atomic E-state index is 0.153. The van der Waals surface area contributed by atoms with Gasteiger partial charge in [-0.1, -0.05) is 13.8 Å². The Morgan fingerprint density at radius 1 is 1.10 bits per heavy atom. The second-order valence-electron chi connectivity index (χ2n) is 9.24. The lowest BCUT2D eigenvalue weighted by Crippen LogP contribution is -2.48. The summed E-state index contributed by atoms with van der Waals surface area (Å²) in [6, 6.07) is 0.310. The first-order valence-corrected chi connectivity index (χ1v) is 11.8. The van der Waals surface area contributed by atoms with Gasteiger partial charge in [0, 0.05) is 31.1 Å². The van der Waals surface area contributed by atoms with Crippen molar-refractivity contribution in [2.45, 2.75) is 77.2 Å². The molecule has 0 unspecified atom stereocenters. The fourth-order valence-corrected chi connectivity index (χ4v) is 4.95. The second kappa shape index (κ2) is 8.48. The zero-order valence-corrected chi connectivity index (χ0v) is 18.6. The number of nitrogens with zero attached hydrogens (tertiary/aromatic N) is 5. The molecule has 0 aromatic carbocycles. The third kappa shape index (κ3) is 4.00. The number of oxazole rings is 1. The fraction of sp³-hybridized carbons (Fsp3) is 0.652. The molecule has 2 aromatic heterocycles. The predicted molar refractivity (Wildman–Crippen MR) is 119 cm³/mol. The van der Waals surface area contributed by atoms with Crippen LogP contribution in [0.5, 0.6) is 0 Å². The fourth-order valence-electron chi connectivity index (χ4n) is 4.95. The number of nitrogens with one attached hydrogen (secondary N) is 1. The molecule has 1 atom stereocenters. The smallest absolute Gasteiger partial charge is 0.300 e. The van der Waals surface area contributed by atoms with Gasteiger partial charge in [0.25, 0.3) is 0 Å². The highest BCUT2D eigenvalue weighted by Crippen LogP contribution is 2.33. The Labute approximate surface area is 183 Å². The molecular formula is C23H32N6O2. The molecule has 0 saturated carbocycles. The van der Waals surface area contributed by atoms with Crippen molar-refractivity contribution < 1.29 is 9.21 Å². The molecule has 3 aliphatic rings. The van der Waals surface area contributed by atoms with E-state index < -0.39 is 0 Å². The Morgan fingerprint density at radius 3 is 2.71 bits per heavy atom. The molecule has 2 saturated heterocycles. The first-order valence-electron chi connectivity index (χ1n) is 11.8. The van der Waals surface area contributed by atoms with Gasteiger partial charge in [-0.05, 0) is 51.4 Å². The van der Waals surface area contributed by atoms with E-state index in [1.54, 1.807) is 6.20 Å². The van der Waals surface area contributed by atoms with Crippen LogP contribution in [0.2, 0.25) is 0 Å². The molecule has 1 amide bonds. The van der Waals surface area contributed by atoms with Crippen molar-refractivity contribution in [1.82, 2.24) is 19.9 Å². The van der Waals surface area contributed by atoms with Crippen molar-refractivity contribution in [1.29, 1.82) is 0 Å². The van der Waals surface area contributed by atoms with Crippen molar-refractivity contribution >= 4 is 23.7 Å². The maximum absolute atomic E-state index is 13.2. The van der Waals surface area contributed by atoms with E-state index >= 15 is 0 Å². The highest BCUT2D eigenvalue weighted by atomic mass is 16.4. The molecule has 5 rings (SSSR count). The zero-order valence-electron chi connectivity index (χ0n) is 18.6. The number of anilines is 3. The number of likely N-dealkylation sites (tertiary alicyclic amines) is 1. The summed E-state index contributed by atoms with van der Waals surface area (Å²) in [5.74, 6) is 2.79. The molecule has 1 N–H and O–H groups in total. The average Bonchev–Trinajstić information content (AvgIpc) is 3.53. The number of aromatic nitrogens is 3. The van der Waals surface area contributed by atoms with Gasteiger partial charge in [-0.3, -0.25) is 10.1 Å². The third-order valence-electron chi connectivity index (χ3n) is 6.70. The Morgan fingerprint density at radius 2 is 1.94 bits per heavy atom. The molecule has 2 aromatic rings. The van der Waals surface area contributed by atoms with E-state index in [0.29, 0.717) is 12.0 Å². The van der Waals surface area contributed by atoms with Gasteiger partial charge in [-0.25, -0.2) is 9.97 Å². The van der Waals surface area contributed by atoms with Crippen LogP contribution in [0.25, 0.3) is 0 Å². The standard InChI is InChI=1S/C23H32N6O2/c1-15(2)19-14-24-23(31-19)27-20-16-8-6-9-17(16)25-22(26-20)29-13-7-10-18(29)21(30)28-11-4-3-5-12-28/h14-15,18H,3-13H2,1-2H3,(H,24,25,26,27)/t18-/m0/s1. The molecule has 2 aliphatic heterocycles. The molecule has 8 nitrogen and oxygen atoms in total. The number of hydrogen-bond acceptors (Lipinski definition) is 7. The van der Waals surface area contributed by atoms with Gasteiger partial charge in [0.1, 0.15) is 17.6 Å². The maximum Gasteiger partial charge on any atom is 0.300 e. The number of rotatable bonds is 5. The van der Waals surface area contributed by atoms with E-state index in [4.69, 9.17) is 14.4 Å². The van der Waals surface area contributed by atoms with Gasteiger partial charge in [-0.2, -0.15) is 4.98 Å². The average molecular weight is 425 g/mol. The number of hydrogen-bond donors (Lipinski definition) is 1. The van der Waals surface area contributed by atoms with Crippen molar-refractivity contribution in [3.05, 3.63) is 23.2 Å². The maximum atomic E-state index is 13.2. The number of amides is 1. The largest absolute Gasteiger partial charge is 0.428 e. The van der Waals surface area contributed by atoms with Gasteiger partial charge in [0.2, 0.25) is 11.9 Å². The highest BCUT2D eigenvalue weighted by Gasteiger charge is 2.36. The van der Waals surface area contributed by atoms with Crippen LogP contribution in [0.3, 0.4) is 0 Å². The lowest BCUT2D eigenvalue weighted by molar-refractivity contribution is -0.133. The lowest BCUT2D eigenvalue weighted by atomic mass is 10.1. The normalized spacial score (nSPS) is 21.1. The molecule has 166 valence electrons. The minimum atomic E-state index is -0.153. The van der Waals surface area contributed by atoms with Gasteiger partial charge < -0.3 is 14.2 Å². The summed E-state index contributed by atoms with van der Waals surface area (Å²) in [7, 11) is 0. The summed E-state index contributed by atoms with van der Waals surface area (Å²) in [5, 5.41) is 3.30. The first-order chi connectivity index (χ1) is 15.1. The van der Waals surface area contributed by atoms with Crippen LogP contribution >= 0.6 is 0 Å². The number of aryl methyl sites for hydroxylation is 1. The molecule has 31 heavy (non-hydrogen) atoms. The van der Waals surface area contributed by atoms with E-state index in [9.17, 15) is 4.79 Å². The molecule has 0 bridgehead atoms. The van der Waals surface area contributed by atoms with E-state index in [-0.39, 0.29) is 17.9 Å². The van der Waals surface area contributed by atoms with Crippen LogP contribution < -0.4 is 10.2 Å². The molecule has 0 radical (unpaired) electrons. The van der Waals surface area contributed by atoms with E-state index in [1.165, 1.54) is 6.42 Å². The Hall–Kier alpha value is -2.64. The first kappa shape index (κ1) is 20.3. The van der Waals surface area contributed by atoms with Crippen molar-refractivity contribution in [3.8, 4) is 0 Å². The second-order valence-corrected chi connectivity index (χ2v) is 9.24. The molecule has 2 fully saturated rings. The topological polar surface area (TPSA) is 87.4 Å². The van der Waals surface area contributed by atoms with Crippen molar-refractivity contribution in [2.24, 2.45) is 0 Å². The van der Waals surface area contributed by atoms with Gasteiger partial charge >= 0.3 is 6.01 Å². The summed E-state index contributed by atoms with van der Waals surface area (Å²) in [6.45, 7) is 6.74. The van der Waals surface area contributed by atoms with E-state index in [1.807, 2.05) is 4.90 Å². The van der Waals surface area contributed by atoms with Gasteiger partial charge in [0.05, 0.1) is 11.9 Å². The molecule has 1 aliphatic carbocycles. The van der Waals surface area contributed by atoms with Crippen LogP contribution in [0.1, 0.15) is 75.3 Å². The molecule has 8 heteroatoms. The summed E-state index contributed by atoms with van der Waals surface area (Å²) in [6.07, 6.45) is 10.0. The quantitative estimate of drug-likeness (QED) is 0.781. The lowest BCUT2D eigenvalue weighted by Gasteiger charge is -2.32. The van der Waals surface area contributed by atoms with Gasteiger partial charge in [0.15, 0.2) is 0 Å². The monoisotopic (exact) mass is 424 g/mol. The molecule has 0 spiro atoms. The number of piperidine rings is 1. The minimum Gasteiger partial charge on any atom is -0.428 e. The molecule has 4 heterocycles. The van der Waals surface area contributed by atoms with Crippen LogP contribution in [-0.2, 0) is 17.6 Å². The number of carbonyl (C=O) groups is 1. The SMILES string of the molecule is CC(C)c1cnc(Nc2nc(N3CCC[C@H]3C(=O)N3CCCCC3)nc3c2CCC3)o1. The number of fused-ring (bicyclic) bond motifs is 1. The van der Waals surface area contributed by atoms with Crippen molar-refractivity contribution in [2.75, 3.05) is 29.9 Å². The number of carbonyl (C=O) groups excluding carboxylic acids is 1. The van der Waals surface area contributed by atoms with Crippen LogP contribution in [-0.4, -0.2) is 51.4 Å². The van der Waals surface area contributed by atoms with Crippen LogP contribution in [0.15, 0.2) is 10.6 Å². The van der Waals surface area contributed by atoms with Crippen LogP contribution in [0.4, 0.5) is 17.8 Å². The van der Waals surface area contributed by atoms with Crippen LogP contribution in [0, 0.1) is 0 Å². The zero-order chi connectivity index (χ0) is 21.4. The van der Waals surface area contributed by atoms with Crippen molar-refractivity contribution in [3.63, 3.8) is 0 Å². The Kier molecular flexibility index (Phi) is 5.54. The summed E-state index contributed by atoms with van der Waals surface area (Å²) >= 11 is 0. The summed E-state index contributed by atoms with van der Waals surface area (Å²) in [5.41, 5.74) is 2.23. The Bertz CT molecular complexity index is 950. The summed E-state index contributed by atoms with van der Waals surface area (Å²) < 4.78 is 5.86. The third-order valence-corrected chi connectivity index (χ3v) is 6.70. The molecular weight excluding hydrogens is 392 g/mol. The van der Waals surface area contributed by atoms with Gasteiger partial charge in [-0.15, -0.1) is 0 Å². The summed E-state index contributed by atoms with van der Waals surface area (Å²) in [4.78, 5) is 31.6. The van der Waals surface area contributed by atoms with E-state index in [0.717, 1.165) is 87.4 Å². The predicted octanol–water partition coefficient (Wildman–Crippen LogP) is 3.80. The Balaban J connectivity index is 1.42. The van der Waals surface area contributed by atoms with E-state index in [2.05, 4.69) is 29.0 Å².